The molecular weight excluding hydrogens is 624 g/mol. The van der Waals surface area contributed by atoms with Gasteiger partial charge >= 0.3 is 0 Å². The van der Waals surface area contributed by atoms with Gasteiger partial charge in [0.1, 0.15) is 29.6 Å². The zero-order valence-corrected chi connectivity index (χ0v) is 22.4. The molecule has 0 fully saturated rings. The molecule has 0 unspecified atom stereocenters. The normalized spacial score (nSPS) is 16.8. The predicted octanol–water partition coefficient (Wildman–Crippen LogP) is 7.34. The Labute approximate surface area is 229 Å². The zero-order chi connectivity index (χ0) is 28.7. The first-order valence-electron chi connectivity index (χ1n) is 11.4. The number of carbonyl (C=O) groups excluding carboxylic acids is 1. The second-order valence-corrected chi connectivity index (χ2v) is 10.6. The predicted molar refractivity (Wildman–Crippen MR) is 128 cm³/mol. The van der Waals surface area contributed by atoms with Crippen LogP contribution >= 0.6 is 27.7 Å². The van der Waals surface area contributed by atoms with E-state index in [0.29, 0.717) is 15.7 Å². The lowest BCUT2D eigenvalue weighted by atomic mass is 9.89. The molecule has 0 aliphatic heterocycles. The van der Waals surface area contributed by atoms with E-state index in [1.807, 2.05) is 0 Å². The van der Waals surface area contributed by atoms with Gasteiger partial charge in [-0.05, 0) is 46.3 Å². The average molecular weight is 643 g/mol. The number of hydrogen-bond acceptors (Lipinski definition) is 5. The highest BCUT2D eigenvalue weighted by Gasteiger charge is 2.55. The fourth-order valence-electron chi connectivity index (χ4n) is 4.57. The number of ketones is 1. The summed E-state index contributed by atoms with van der Waals surface area (Å²) in [6.07, 6.45) is -3.74. The summed E-state index contributed by atoms with van der Waals surface area (Å²) < 4.78 is 114. The summed E-state index contributed by atoms with van der Waals surface area (Å²) in [6, 6.07) is 2.76. The van der Waals surface area contributed by atoms with Crippen LogP contribution in [-0.4, -0.2) is 31.8 Å². The first-order chi connectivity index (χ1) is 18.2. The average Bonchev–Trinajstić information content (AvgIpc) is 3.23. The van der Waals surface area contributed by atoms with Crippen LogP contribution in [-0.2, 0) is 29.6 Å². The summed E-state index contributed by atoms with van der Waals surface area (Å²) in [5, 5.41) is 3.61. The number of carbonyl (C=O) groups is 1. The minimum absolute atomic E-state index is 0.127. The van der Waals surface area contributed by atoms with Gasteiger partial charge in [0.2, 0.25) is 0 Å². The van der Waals surface area contributed by atoms with Crippen LogP contribution in [0.2, 0.25) is 0 Å². The van der Waals surface area contributed by atoms with E-state index >= 15 is 0 Å². The molecule has 1 aromatic carbocycles. The molecule has 0 spiro atoms. The summed E-state index contributed by atoms with van der Waals surface area (Å²) in [4.78, 5) is 21.6. The van der Waals surface area contributed by atoms with Crippen molar-refractivity contribution < 1.29 is 39.9 Å². The molecule has 0 radical (unpaired) electrons. The first kappa shape index (κ1) is 29.4. The number of hydrogen-bond donors (Lipinski definition) is 0. The quantitative estimate of drug-likeness (QED) is 0.139. The van der Waals surface area contributed by atoms with Gasteiger partial charge in [-0.2, -0.15) is 13.9 Å². The van der Waals surface area contributed by atoms with E-state index in [1.54, 1.807) is 6.26 Å². The van der Waals surface area contributed by atoms with Crippen LogP contribution in [0.4, 0.5) is 35.1 Å². The monoisotopic (exact) mass is 642 g/mol. The lowest BCUT2D eigenvalue weighted by Crippen LogP contribution is -2.33. The van der Waals surface area contributed by atoms with Crippen molar-refractivity contribution in [3.8, 4) is 0 Å². The van der Waals surface area contributed by atoms with E-state index in [2.05, 4.69) is 31.0 Å². The Bertz CT molecular complexity index is 1380. The number of halogens is 9. The standard InChI is InChI=1S/C24H19BrF8N4OS/c1-39-22-34-9-16(25)18(35-22)12(4-11-5-13(26)8-14(27)6-11)7-15(38)10-37-20-17(19(36-37)21(28)29)23(30,31)2-3-24(20,32)33/h5-6,8-9,12,21H,2-4,7,10H2,1H3/t12-/m1/s1. The van der Waals surface area contributed by atoms with Gasteiger partial charge in [-0.3, -0.25) is 9.48 Å². The molecular formula is C24H19BrF8N4OS. The Morgan fingerprint density at radius 3 is 2.33 bits per heavy atom. The minimum Gasteiger partial charge on any atom is -0.298 e. The SMILES string of the molecule is CSc1ncc(Br)c([C@@H](CC(=O)Cn2nc(C(F)F)c3c2C(F)(F)CCC3(F)F)Cc2cc(F)cc(F)c2)n1. The van der Waals surface area contributed by atoms with E-state index in [4.69, 9.17) is 0 Å². The third-order valence-corrected chi connectivity index (χ3v) is 7.35. The van der Waals surface area contributed by atoms with Gasteiger partial charge in [0, 0.05) is 37.4 Å². The number of thioether (sulfide) groups is 1. The van der Waals surface area contributed by atoms with E-state index in [-0.39, 0.29) is 22.4 Å². The molecule has 210 valence electrons. The van der Waals surface area contributed by atoms with Crippen molar-refractivity contribution in [3.05, 3.63) is 68.7 Å². The Morgan fingerprint density at radius 2 is 1.72 bits per heavy atom. The van der Waals surface area contributed by atoms with E-state index < -0.39 is 84.4 Å². The number of nitrogens with zero attached hydrogens (tertiary/aromatic N) is 4. The lowest BCUT2D eigenvalue weighted by molar-refractivity contribution is -0.121. The minimum atomic E-state index is -3.98. The highest BCUT2D eigenvalue weighted by molar-refractivity contribution is 9.10. The molecule has 5 nitrogen and oxygen atoms in total. The number of rotatable bonds is 9. The molecule has 0 saturated carbocycles. The number of Topliss-reactive ketones (excluding diaryl/α,β-unsaturated/α-hetero) is 1. The molecule has 0 amide bonds. The second kappa shape index (κ2) is 11.1. The van der Waals surface area contributed by atoms with E-state index in [1.165, 1.54) is 18.0 Å². The van der Waals surface area contributed by atoms with Crippen LogP contribution in [0.25, 0.3) is 0 Å². The van der Waals surface area contributed by atoms with Gasteiger partial charge in [0.25, 0.3) is 18.3 Å². The number of benzene rings is 1. The maximum Gasteiger partial charge on any atom is 0.290 e. The molecule has 1 aliphatic carbocycles. The summed E-state index contributed by atoms with van der Waals surface area (Å²) in [5.74, 6) is -11.3. The van der Waals surface area contributed by atoms with Gasteiger partial charge < -0.3 is 0 Å². The highest BCUT2D eigenvalue weighted by atomic mass is 79.9. The molecule has 0 N–H and O–H groups in total. The third kappa shape index (κ3) is 6.28. The van der Waals surface area contributed by atoms with Crippen molar-refractivity contribution in [2.24, 2.45) is 0 Å². The zero-order valence-electron chi connectivity index (χ0n) is 20.0. The largest absolute Gasteiger partial charge is 0.298 e. The van der Waals surface area contributed by atoms with Gasteiger partial charge in [-0.1, -0.05) is 11.8 Å². The third-order valence-electron chi connectivity index (χ3n) is 6.17. The lowest BCUT2D eigenvalue weighted by Gasteiger charge is -2.29. The van der Waals surface area contributed by atoms with Crippen molar-refractivity contribution in [1.29, 1.82) is 0 Å². The van der Waals surface area contributed by atoms with Crippen molar-refractivity contribution in [3.63, 3.8) is 0 Å². The van der Waals surface area contributed by atoms with Gasteiger partial charge in [-0.25, -0.2) is 36.3 Å². The first-order valence-corrected chi connectivity index (χ1v) is 13.4. The van der Waals surface area contributed by atoms with Gasteiger partial charge in [-0.15, -0.1) is 0 Å². The van der Waals surface area contributed by atoms with Gasteiger partial charge in [0.15, 0.2) is 10.9 Å². The molecule has 2 aromatic heterocycles. The second-order valence-electron chi connectivity index (χ2n) is 8.99. The van der Waals surface area contributed by atoms with Crippen molar-refractivity contribution in [2.75, 3.05) is 6.26 Å². The summed E-state index contributed by atoms with van der Waals surface area (Å²) >= 11 is 4.45. The summed E-state index contributed by atoms with van der Waals surface area (Å²) in [6.45, 7) is -1.01. The van der Waals surface area contributed by atoms with Crippen LogP contribution in [0.5, 0.6) is 0 Å². The molecule has 1 aliphatic rings. The van der Waals surface area contributed by atoms with Crippen LogP contribution in [0, 0.1) is 11.6 Å². The van der Waals surface area contributed by atoms with E-state index in [9.17, 15) is 39.9 Å². The fourth-order valence-corrected chi connectivity index (χ4v) is 5.43. The molecule has 4 rings (SSSR count). The fraction of sp³-hybridized carbons (Fsp3) is 0.417. The highest BCUT2D eigenvalue weighted by Crippen LogP contribution is 2.52. The molecule has 3 aromatic rings. The molecule has 1 atom stereocenters. The van der Waals surface area contributed by atoms with Crippen molar-refractivity contribution in [2.45, 2.75) is 61.6 Å². The van der Waals surface area contributed by atoms with Crippen LogP contribution in [0.3, 0.4) is 0 Å². The Kier molecular flexibility index (Phi) is 8.41. The maximum atomic E-state index is 14.7. The van der Waals surface area contributed by atoms with Gasteiger partial charge in [0.05, 0.1) is 15.7 Å². The van der Waals surface area contributed by atoms with Crippen LogP contribution < -0.4 is 0 Å². The Hall–Kier alpha value is -2.55. The smallest absolute Gasteiger partial charge is 0.290 e. The van der Waals surface area contributed by atoms with Crippen LogP contribution in [0.1, 0.15) is 59.8 Å². The molecule has 15 heteroatoms. The molecule has 2 heterocycles. The summed E-state index contributed by atoms with van der Waals surface area (Å²) in [7, 11) is 0. The summed E-state index contributed by atoms with van der Waals surface area (Å²) in [5.41, 5.74) is -4.06. The number of fused-ring (bicyclic) bond motifs is 1. The molecule has 0 saturated heterocycles. The van der Waals surface area contributed by atoms with Crippen molar-refractivity contribution in [1.82, 2.24) is 19.7 Å². The molecule has 39 heavy (non-hydrogen) atoms. The Balaban J connectivity index is 1.71. The van der Waals surface area contributed by atoms with E-state index in [0.717, 1.165) is 12.1 Å². The number of aromatic nitrogens is 4. The topological polar surface area (TPSA) is 60.7 Å². The maximum absolute atomic E-state index is 14.7. The molecule has 0 bridgehead atoms. The van der Waals surface area contributed by atoms with Crippen molar-refractivity contribution >= 4 is 33.5 Å². The van der Waals surface area contributed by atoms with Crippen LogP contribution in [0.15, 0.2) is 34.0 Å². The Morgan fingerprint density at radius 1 is 1.08 bits per heavy atom. The number of alkyl halides is 6.